The molecule has 0 radical (unpaired) electrons. The van der Waals surface area contributed by atoms with Crippen molar-refractivity contribution in [2.75, 3.05) is 5.32 Å². The second-order valence-corrected chi connectivity index (χ2v) is 11.7. The number of likely N-dealkylation sites (tertiary alicyclic amines) is 1. The maximum Gasteiger partial charge on any atom is 0.248 e. The number of allylic oxidation sites excluding steroid dienone is 2. The third-order valence-electron chi connectivity index (χ3n) is 9.33. The van der Waals surface area contributed by atoms with Crippen molar-refractivity contribution in [3.05, 3.63) is 102 Å². The van der Waals surface area contributed by atoms with E-state index in [1.54, 1.807) is 12.1 Å². The zero-order valence-electron chi connectivity index (χ0n) is 22.6. The number of benzene rings is 3. The van der Waals surface area contributed by atoms with Crippen molar-refractivity contribution in [1.29, 1.82) is 0 Å². The molecule has 1 heterocycles. The number of rotatable bonds is 7. The van der Waals surface area contributed by atoms with Crippen LogP contribution in [0, 0.1) is 49.4 Å². The topological polar surface area (TPSA) is 75.7 Å². The molecule has 7 unspecified atom stereocenters. The number of imide groups is 1. The third-order valence-corrected chi connectivity index (χ3v) is 9.33. The molecule has 3 aromatic rings. The van der Waals surface area contributed by atoms with E-state index in [-0.39, 0.29) is 47.8 Å². The first kappa shape index (κ1) is 24.8. The molecule has 3 amide bonds. The fraction of sp³-hybridized carbons (Fsp3) is 0.324. The van der Waals surface area contributed by atoms with Gasteiger partial charge < -0.3 is 10.1 Å². The van der Waals surface area contributed by atoms with Gasteiger partial charge in [0.05, 0.1) is 11.8 Å². The smallest absolute Gasteiger partial charge is 0.248 e. The van der Waals surface area contributed by atoms with Crippen molar-refractivity contribution in [1.82, 2.24) is 4.90 Å². The molecule has 5 aliphatic rings. The van der Waals surface area contributed by atoms with Crippen LogP contribution in [0.2, 0.25) is 0 Å². The monoisotopic (exact) mass is 532 g/mol. The van der Waals surface area contributed by atoms with Gasteiger partial charge >= 0.3 is 0 Å². The molecule has 0 spiro atoms. The Hall–Kier alpha value is -4.19. The summed E-state index contributed by atoms with van der Waals surface area (Å²) in [7, 11) is 0. The number of ether oxygens (including phenoxy) is 1. The number of nitrogens with one attached hydrogen (secondary N) is 1. The zero-order valence-corrected chi connectivity index (χ0v) is 22.6. The fourth-order valence-corrected chi connectivity index (χ4v) is 7.34. The molecule has 8 rings (SSSR count). The van der Waals surface area contributed by atoms with Crippen LogP contribution in [-0.4, -0.2) is 28.7 Å². The lowest BCUT2D eigenvalue weighted by atomic mass is 9.63. The van der Waals surface area contributed by atoms with Gasteiger partial charge in [0.15, 0.2) is 0 Å². The molecule has 2 saturated carbocycles. The van der Waals surface area contributed by atoms with Crippen molar-refractivity contribution < 1.29 is 19.1 Å². The maximum atomic E-state index is 13.8. The van der Waals surface area contributed by atoms with Crippen LogP contribution in [-0.2, 0) is 20.8 Å². The summed E-state index contributed by atoms with van der Waals surface area (Å²) < 4.78 is 6.11. The quantitative estimate of drug-likeness (QED) is 0.313. The number of hydrogen-bond acceptors (Lipinski definition) is 4. The summed E-state index contributed by atoms with van der Waals surface area (Å²) in [6, 6.07) is 21.9. The summed E-state index contributed by atoms with van der Waals surface area (Å²) in [4.78, 5) is 42.8. The van der Waals surface area contributed by atoms with Gasteiger partial charge in [-0.2, -0.15) is 0 Å². The minimum atomic E-state index is -0.922. The Balaban J connectivity index is 1.13. The van der Waals surface area contributed by atoms with Crippen LogP contribution in [0.15, 0.2) is 84.9 Å². The number of carbonyl (C=O) groups is 3. The van der Waals surface area contributed by atoms with Crippen LogP contribution < -0.4 is 10.1 Å². The molecule has 6 heteroatoms. The average molecular weight is 533 g/mol. The van der Waals surface area contributed by atoms with Crippen LogP contribution in [0.4, 0.5) is 5.69 Å². The molecule has 6 nitrogen and oxygen atoms in total. The lowest BCUT2D eigenvalue weighted by molar-refractivity contribution is -0.146. The second kappa shape index (κ2) is 9.47. The van der Waals surface area contributed by atoms with E-state index in [9.17, 15) is 14.4 Å². The molecular formula is C34H32N2O4. The number of nitrogens with zero attached hydrogens (tertiary/aromatic N) is 1. The first-order chi connectivity index (χ1) is 19.4. The van der Waals surface area contributed by atoms with E-state index in [1.807, 2.05) is 74.5 Å². The highest BCUT2D eigenvalue weighted by Gasteiger charge is 2.67. The zero-order chi connectivity index (χ0) is 27.5. The van der Waals surface area contributed by atoms with Crippen molar-refractivity contribution >= 4 is 23.4 Å². The molecule has 0 aromatic heterocycles. The van der Waals surface area contributed by atoms with E-state index >= 15 is 0 Å². The molecular weight excluding hydrogens is 500 g/mol. The van der Waals surface area contributed by atoms with E-state index in [1.165, 1.54) is 4.90 Å². The Kier molecular flexibility index (Phi) is 5.88. The molecule has 1 aliphatic heterocycles. The Morgan fingerprint density at radius 3 is 2.05 bits per heavy atom. The highest BCUT2D eigenvalue weighted by molar-refractivity contribution is 6.10. The molecule has 4 aliphatic carbocycles. The van der Waals surface area contributed by atoms with E-state index in [0.29, 0.717) is 23.3 Å². The first-order valence-electron chi connectivity index (χ1n) is 14.1. The van der Waals surface area contributed by atoms with Crippen molar-refractivity contribution in [3.63, 3.8) is 0 Å². The molecule has 1 N–H and O–H groups in total. The Morgan fingerprint density at radius 1 is 0.850 bits per heavy atom. The van der Waals surface area contributed by atoms with Gasteiger partial charge in [-0.25, -0.2) is 0 Å². The number of carbonyl (C=O) groups excluding carboxylic acids is 3. The van der Waals surface area contributed by atoms with Crippen LogP contribution in [0.5, 0.6) is 11.5 Å². The Labute approximate surface area is 234 Å². The number of aryl methyl sites for hydroxylation is 2. The van der Waals surface area contributed by atoms with E-state index in [0.717, 1.165) is 28.9 Å². The molecule has 2 bridgehead atoms. The van der Waals surface area contributed by atoms with Crippen LogP contribution in [0.25, 0.3) is 0 Å². The standard InChI is InChI=1S/C34H32N2O4/c1-19-7-6-8-20(2)31(19)40-23-13-11-22(12-14-23)35-32(37)28(17-21-9-4-3-5-10-21)36-33(38)29-24-15-16-25(27-18-26(24)27)30(29)34(36)39/h3-16,24-30H,17-18H2,1-2H3,(H,35,37). The minimum Gasteiger partial charge on any atom is -0.457 e. The van der Waals surface area contributed by atoms with Gasteiger partial charge in [-0.15, -0.1) is 0 Å². The van der Waals surface area contributed by atoms with Gasteiger partial charge in [0, 0.05) is 12.1 Å². The van der Waals surface area contributed by atoms with Crippen molar-refractivity contribution in [2.45, 2.75) is 32.7 Å². The first-order valence-corrected chi connectivity index (χ1v) is 14.1. The molecule has 3 fully saturated rings. The molecule has 3 aromatic carbocycles. The summed E-state index contributed by atoms with van der Waals surface area (Å²) >= 11 is 0. The summed E-state index contributed by atoms with van der Waals surface area (Å²) in [5, 5.41) is 2.97. The van der Waals surface area contributed by atoms with Gasteiger partial charge in [-0.3, -0.25) is 19.3 Å². The third kappa shape index (κ3) is 4.05. The highest BCUT2D eigenvalue weighted by atomic mass is 16.5. The Morgan fingerprint density at radius 2 is 1.45 bits per heavy atom. The molecule has 202 valence electrons. The SMILES string of the molecule is Cc1cccc(C)c1Oc1ccc(NC(=O)C(Cc2ccccc2)N2C(=O)C3C4C=CC(C5CC45)C3C2=O)cc1. The number of para-hydroxylation sites is 1. The van der Waals surface area contributed by atoms with Crippen LogP contribution >= 0.6 is 0 Å². The predicted molar refractivity (Wildman–Crippen MR) is 152 cm³/mol. The predicted octanol–water partition coefficient (Wildman–Crippen LogP) is 5.70. The van der Waals surface area contributed by atoms with E-state index in [2.05, 4.69) is 17.5 Å². The van der Waals surface area contributed by atoms with E-state index in [4.69, 9.17) is 4.74 Å². The maximum absolute atomic E-state index is 13.8. The Bertz CT molecular complexity index is 1470. The van der Waals surface area contributed by atoms with E-state index < -0.39 is 6.04 Å². The lowest BCUT2D eigenvalue weighted by Crippen LogP contribution is -2.49. The number of hydrogen-bond donors (Lipinski definition) is 1. The largest absolute Gasteiger partial charge is 0.457 e. The molecule has 40 heavy (non-hydrogen) atoms. The summed E-state index contributed by atoms with van der Waals surface area (Å²) in [5.74, 6) is 1.33. The van der Waals surface area contributed by atoms with Crippen LogP contribution in [0.3, 0.4) is 0 Å². The molecule has 7 atom stereocenters. The van der Waals surface area contributed by atoms with Gasteiger partial charge in [0.1, 0.15) is 17.5 Å². The molecule has 1 saturated heterocycles. The van der Waals surface area contributed by atoms with Crippen LogP contribution in [0.1, 0.15) is 23.1 Å². The van der Waals surface area contributed by atoms with Gasteiger partial charge in [0.2, 0.25) is 17.7 Å². The number of amides is 3. The lowest BCUT2D eigenvalue weighted by Gasteiger charge is -2.37. The normalized spacial score (nSPS) is 28.2. The minimum absolute atomic E-state index is 0.117. The van der Waals surface area contributed by atoms with Gasteiger partial charge in [0.25, 0.3) is 0 Å². The summed E-state index contributed by atoms with van der Waals surface area (Å²) in [6.45, 7) is 4.01. The highest BCUT2D eigenvalue weighted by Crippen LogP contribution is 2.65. The van der Waals surface area contributed by atoms with Crippen molar-refractivity contribution in [2.24, 2.45) is 35.5 Å². The summed E-state index contributed by atoms with van der Waals surface area (Å²) in [5.41, 5.74) is 3.57. The summed E-state index contributed by atoms with van der Waals surface area (Å²) in [6.07, 6.45) is 5.69. The fourth-order valence-electron chi connectivity index (χ4n) is 7.34. The average Bonchev–Trinajstić information content (AvgIpc) is 3.74. The second-order valence-electron chi connectivity index (χ2n) is 11.7. The van der Waals surface area contributed by atoms with Gasteiger partial charge in [-0.05, 0) is 84.9 Å². The number of anilines is 1. The van der Waals surface area contributed by atoms with Crippen molar-refractivity contribution in [3.8, 4) is 11.5 Å². The van der Waals surface area contributed by atoms with Gasteiger partial charge in [-0.1, -0.05) is 60.7 Å².